The maximum atomic E-state index is 13.9. The van der Waals surface area contributed by atoms with Gasteiger partial charge in [-0.25, -0.2) is 36.7 Å². The fourth-order valence-corrected chi connectivity index (χ4v) is 11.5. The van der Waals surface area contributed by atoms with Crippen LogP contribution in [0.25, 0.3) is 44.4 Å². The molecule has 8 aromatic heterocycles. The van der Waals surface area contributed by atoms with Gasteiger partial charge in [-0.15, -0.1) is 0 Å². The van der Waals surface area contributed by atoms with Crippen LogP contribution < -0.4 is 47.8 Å². The molecule has 0 spiro atoms. The van der Waals surface area contributed by atoms with Gasteiger partial charge in [-0.1, -0.05) is 135 Å². The molecule has 2 N–H and O–H groups in total. The van der Waals surface area contributed by atoms with Gasteiger partial charge in [0.15, 0.2) is 18.2 Å². The Morgan fingerprint density at radius 3 is 1.32 bits per heavy atom. The summed E-state index contributed by atoms with van der Waals surface area (Å²) in [5, 5.41) is 1.59. The zero-order valence-electron chi connectivity index (χ0n) is 57.3. The number of halogens is 4. The minimum absolute atomic E-state index is 0.0324. The molecule has 0 aliphatic heterocycles. The van der Waals surface area contributed by atoms with Crippen LogP contribution >= 0.6 is 0 Å². The van der Waals surface area contributed by atoms with Crippen molar-refractivity contribution in [3.8, 4) is 17.5 Å². The Kier molecular flexibility index (Phi) is 27.9. The number of aromatic amines is 2. The molecule has 21 nitrogen and oxygen atoms in total. The molecule has 1 aliphatic rings. The van der Waals surface area contributed by atoms with Crippen LogP contribution in [-0.2, 0) is 51.7 Å². The third-order valence-electron chi connectivity index (χ3n) is 16.9. The largest absolute Gasteiger partial charge is 0.497 e. The van der Waals surface area contributed by atoms with Crippen LogP contribution in [-0.4, -0.2) is 47.0 Å². The summed E-state index contributed by atoms with van der Waals surface area (Å²) in [7, 11) is 1.60. The zero-order chi connectivity index (χ0) is 71.1. The van der Waals surface area contributed by atoms with E-state index in [0.29, 0.717) is 71.1 Å². The number of aromatic nitrogens is 8. The van der Waals surface area contributed by atoms with Gasteiger partial charge in [-0.05, 0) is 129 Å². The highest BCUT2D eigenvalue weighted by atomic mass is 19.3. The molecule has 0 radical (unpaired) electrons. The standard InChI is InChI=1S/C24H26F2N2O3.C22H25FN2O4.C14H17FN2O3.C14H18N2O3/c1-2-15-7-9-17(10-8-15)14-30-23-20-18(12-11-16-5-3-4-6-16)13-19(29)31-24(20)28-22(27-23)21(25)26;1-4-5-6-7-16-12-18(26)29-22-19(16)21(24-20(25-22)14(2)23)28-13-15-8-10-17(27-3)11-9-15;1-3-4-5-6-9-7-10(18)20-14-11(9)13(19)16-12(17-14)8(2)15;1-3-5-6-7-9-8-11(17)19-14-12(9)13(18)15-10(4-2)16-14/h7-10,13,16,21H,2-6,11-12,14H2,1H3;8-12,14H,4-7,13H2,1-3H3;7-8H,3-6H2,1-2H3,(H,16,17,19);8H,3-7H2,1-2H3,(H,15,16,18). The number of unbranched alkanes of at least 4 members (excludes halogenated alkanes) is 6. The van der Waals surface area contributed by atoms with Gasteiger partial charge in [0.1, 0.15) is 52.2 Å². The highest BCUT2D eigenvalue weighted by Gasteiger charge is 2.24. The summed E-state index contributed by atoms with van der Waals surface area (Å²) in [6.45, 7) is 13.2. The van der Waals surface area contributed by atoms with Crippen LogP contribution in [0.3, 0.4) is 0 Å². The minimum atomic E-state index is -2.90. The van der Waals surface area contributed by atoms with E-state index in [0.717, 1.165) is 98.6 Å². The molecule has 528 valence electrons. The molecule has 0 amide bonds. The predicted molar refractivity (Wildman–Crippen MR) is 369 cm³/mol. The van der Waals surface area contributed by atoms with Gasteiger partial charge < -0.3 is 41.8 Å². The van der Waals surface area contributed by atoms with E-state index in [9.17, 15) is 46.3 Å². The molecular weight excluding hydrogens is 1280 g/mol. The summed E-state index contributed by atoms with van der Waals surface area (Å²) in [5.41, 5.74) is 2.94. The number of hydrogen-bond acceptors (Lipinski definition) is 19. The Balaban J connectivity index is 0.000000172. The average Bonchev–Trinajstić information content (AvgIpc) is 1.14. The second-order valence-corrected chi connectivity index (χ2v) is 24.4. The van der Waals surface area contributed by atoms with Gasteiger partial charge in [0.05, 0.1) is 7.11 Å². The summed E-state index contributed by atoms with van der Waals surface area (Å²) in [5.74, 6) is 1.24. The normalized spacial score (nSPS) is 12.8. The molecule has 10 aromatic rings. The number of alkyl halides is 4. The Hall–Kier alpha value is -9.68. The number of methoxy groups -OCH3 is 1. The van der Waals surface area contributed by atoms with Crippen LogP contribution in [0.5, 0.6) is 17.5 Å². The summed E-state index contributed by atoms with van der Waals surface area (Å²) in [6.07, 6.45) is 13.2. The number of nitrogens with one attached hydrogen (secondary N) is 2. The first-order valence-electron chi connectivity index (χ1n) is 34.1. The van der Waals surface area contributed by atoms with Gasteiger partial charge in [0.2, 0.25) is 40.4 Å². The lowest BCUT2D eigenvalue weighted by Gasteiger charge is -2.14. The van der Waals surface area contributed by atoms with Crippen molar-refractivity contribution in [1.82, 2.24) is 39.9 Å². The van der Waals surface area contributed by atoms with E-state index in [1.54, 1.807) is 7.11 Å². The number of fused-ring (bicyclic) bond motifs is 4. The van der Waals surface area contributed by atoms with Crippen molar-refractivity contribution in [3.05, 3.63) is 197 Å². The van der Waals surface area contributed by atoms with Gasteiger partial charge >= 0.3 is 22.5 Å². The van der Waals surface area contributed by atoms with Crippen molar-refractivity contribution >= 4 is 44.4 Å². The fraction of sp³-hybridized carbons (Fsp3) is 0.459. The van der Waals surface area contributed by atoms with E-state index >= 15 is 0 Å². The Morgan fingerprint density at radius 1 is 0.475 bits per heavy atom. The SMILES string of the molecule is CCCCCc1cc(=O)oc2nc(C(C)F)[nH]c(=O)c12.CCCCCc1cc(=O)oc2nc(C(C)F)nc(OCc3ccc(OC)cc3)c12.CCCCCc1cc(=O)oc2nc(CC)[nH]c(=O)c12.CCc1ccc(COc2nc(C(F)F)nc3oc(=O)cc(CCC4CCCC4)c23)cc1. The quantitative estimate of drug-likeness (QED) is 0.0357. The van der Waals surface area contributed by atoms with Crippen molar-refractivity contribution in [2.75, 3.05) is 7.11 Å². The highest BCUT2D eigenvalue weighted by Crippen LogP contribution is 2.34. The van der Waals surface area contributed by atoms with Crippen LogP contribution in [0.2, 0.25) is 0 Å². The van der Waals surface area contributed by atoms with Crippen LogP contribution in [0.4, 0.5) is 17.6 Å². The van der Waals surface area contributed by atoms with Gasteiger partial charge in [-0.2, -0.15) is 29.9 Å². The first-order chi connectivity index (χ1) is 47.7. The molecule has 11 rings (SSSR count). The number of aryl methyl sites for hydroxylation is 6. The van der Waals surface area contributed by atoms with Gasteiger partial charge in [0.25, 0.3) is 17.5 Å². The molecule has 8 heterocycles. The maximum absolute atomic E-state index is 13.9. The van der Waals surface area contributed by atoms with E-state index in [-0.39, 0.29) is 70.4 Å². The van der Waals surface area contributed by atoms with Gasteiger partial charge in [-0.3, -0.25) is 9.59 Å². The van der Waals surface area contributed by atoms with Crippen molar-refractivity contribution in [2.24, 2.45) is 5.92 Å². The molecule has 0 bridgehead atoms. The number of hydrogen-bond donors (Lipinski definition) is 2. The monoisotopic (exact) mass is 1370 g/mol. The van der Waals surface area contributed by atoms with Crippen LogP contribution in [0.1, 0.15) is 219 Å². The molecule has 25 heteroatoms. The lowest BCUT2D eigenvalue weighted by molar-refractivity contribution is 0.138. The fourth-order valence-electron chi connectivity index (χ4n) is 11.5. The molecule has 1 aliphatic carbocycles. The van der Waals surface area contributed by atoms with Crippen LogP contribution in [0, 0.1) is 5.92 Å². The summed E-state index contributed by atoms with van der Waals surface area (Å²) < 4.78 is 91.3. The zero-order valence-corrected chi connectivity index (χ0v) is 57.3. The maximum Gasteiger partial charge on any atom is 0.337 e. The summed E-state index contributed by atoms with van der Waals surface area (Å²) >= 11 is 0. The molecule has 2 atom stereocenters. The molecule has 0 saturated heterocycles. The number of H-pyrrole nitrogens is 2. The second-order valence-electron chi connectivity index (χ2n) is 24.4. The first-order valence-corrected chi connectivity index (χ1v) is 34.1. The van der Waals surface area contributed by atoms with E-state index in [1.807, 2.05) is 55.5 Å². The molecule has 99 heavy (non-hydrogen) atoms. The lowest BCUT2D eigenvalue weighted by Crippen LogP contribution is -2.16. The lowest BCUT2D eigenvalue weighted by atomic mass is 9.97. The highest BCUT2D eigenvalue weighted by molar-refractivity contribution is 5.83. The Labute approximate surface area is 568 Å². The predicted octanol–water partition coefficient (Wildman–Crippen LogP) is 15.5. The molecule has 1 fully saturated rings. The number of nitrogens with zero attached hydrogens (tertiary/aromatic N) is 6. The number of ether oxygens (including phenoxy) is 3. The van der Waals surface area contributed by atoms with Crippen molar-refractivity contribution in [2.45, 2.75) is 209 Å². The van der Waals surface area contributed by atoms with Gasteiger partial charge in [0, 0.05) is 30.7 Å². The van der Waals surface area contributed by atoms with Crippen LogP contribution in [0.15, 0.2) is 119 Å². The van der Waals surface area contributed by atoms with E-state index in [1.165, 1.54) is 69.4 Å². The molecular formula is C74H86F4N8O13. The summed E-state index contributed by atoms with van der Waals surface area (Å²) in [6, 6.07) is 20.9. The molecule has 1 saturated carbocycles. The van der Waals surface area contributed by atoms with E-state index in [2.05, 4.69) is 67.6 Å². The number of benzene rings is 2. The second kappa shape index (κ2) is 36.8. The summed E-state index contributed by atoms with van der Waals surface area (Å²) in [4.78, 5) is 101. The van der Waals surface area contributed by atoms with Crippen molar-refractivity contribution in [3.63, 3.8) is 0 Å². The topological polar surface area (TPSA) is 292 Å². The van der Waals surface area contributed by atoms with E-state index < -0.39 is 52.7 Å². The first kappa shape index (κ1) is 75.1. The molecule has 2 unspecified atom stereocenters. The Morgan fingerprint density at radius 2 is 0.889 bits per heavy atom. The number of rotatable bonds is 27. The molecule has 2 aromatic carbocycles. The van der Waals surface area contributed by atoms with Crippen molar-refractivity contribution in [1.29, 1.82) is 0 Å². The van der Waals surface area contributed by atoms with E-state index in [4.69, 9.17) is 31.9 Å². The third kappa shape index (κ3) is 20.9. The minimum Gasteiger partial charge on any atom is -0.497 e. The average molecular weight is 1370 g/mol. The smallest absolute Gasteiger partial charge is 0.337 e. The van der Waals surface area contributed by atoms with Crippen molar-refractivity contribution < 1.29 is 49.4 Å². The third-order valence-corrected chi connectivity index (χ3v) is 16.9. The Bertz CT molecular complexity index is 4680.